The summed E-state index contributed by atoms with van der Waals surface area (Å²) >= 11 is 8.30. The molecule has 3 heteroatoms. The van der Waals surface area contributed by atoms with Crippen molar-refractivity contribution < 1.29 is 0 Å². The van der Waals surface area contributed by atoms with Gasteiger partial charge in [-0.1, -0.05) is 29.5 Å². The van der Waals surface area contributed by atoms with Gasteiger partial charge in [0.15, 0.2) is 0 Å². The number of halogens is 2. The quantitative estimate of drug-likeness (QED) is 0.555. The van der Waals surface area contributed by atoms with E-state index >= 15 is 0 Å². The smallest absolute Gasteiger partial charge is 0.0577 e. The van der Waals surface area contributed by atoms with Crippen LogP contribution in [0.25, 0.3) is 0 Å². The Morgan fingerprint density at radius 2 is 2.00 bits per heavy atom. The SMILES string of the molecule is CC(I)C(Cl)CN(C)C. The number of alkyl halides is 2. The van der Waals surface area contributed by atoms with E-state index in [2.05, 4.69) is 34.4 Å². The fourth-order valence-corrected chi connectivity index (χ4v) is 0.998. The molecule has 0 fully saturated rings. The maximum Gasteiger partial charge on any atom is 0.0577 e. The lowest BCUT2D eigenvalue weighted by atomic mass is 10.3. The second kappa shape index (κ2) is 4.74. The summed E-state index contributed by atoms with van der Waals surface area (Å²) in [4.78, 5) is 2.10. The Labute approximate surface area is 75.9 Å². The molecule has 0 bridgehead atoms. The van der Waals surface area contributed by atoms with E-state index in [0.717, 1.165) is 6.54 Å². The van der Waals surface area contributed by atoms with Gasteiger partial charge in [0.05, 0.1) is 5.38 Å². The molecule has 0 N–H and O–H groups in total. The summed E-state index contributed by atoms with van der Waals surface area (Å²) in [5, 5.41) is 0.278. The average Bonchev–Trinajstić information content (AvgIpc) is 1.63. The number of hydrogen-bond acceptors (Lipinski definition) is 1. The Hall–Kier alpha value is 0.980. The van der Waals surface area contributed by atoms with Gasteiger partial charge in [-0.05, 0) is 14.1 Å². The minimum absolute atomic E-state index is 0.278. The Kier molecular flexibility index (Phi) is 5.26. The van der Waals surface area contributed by atoms with Gasteiger partial charge in [0.1, 0.15) is 0 Å². The molecule has 0 aromatic carbocycles. The van der Waals surface area contributed by atoms with E-state index in [1.54, 1.807) is 0 Å². The van der Waals surface area contributed by atoms with Crippen molar-refractivity contribution in [3.63, 3.8) is 0 Å². The van der Waals surface area contributed by atoms with Crippen LogP contribution in [0.5, 0.6) is 0 Å². The molecule has 56 valence electrons. The van der Waals surface area contributed by atoms with Gasteiger partial charge < -0.3 is 4.90 Å². The highest BCUT2D eigenvalue weighted by Gasteiger charge is 2.10. The molecular formula is C6H13ClIN. The number of rotatable bonds is 3. The van der Waals surface area contributed by atoms with Crippen LogP contribution < -0.4 is 0 Å². The van der Waals surface area contributed by atoms with E-state index in [4.69, 9.17) is 11.6 Å². The highest BCUT2D eigenvalue weighted by Crippen LogP contribution is 2.11. The lowest BCUT2D eigenvalue weighted by Crippen LogP contribution is -2.26. The molecule has 0 rings (SSSR count). The average molecular weight is 262 g/mol. The summed E-state index contributed by atoms with van der Waals surface area (Å²) in [7, 11) is 4.07. The molecule has 9 heavy (non-hydrogen) atoms. The van der Waals surface area contributed by atoms with Crippen molar-refractivity contribution in [2.45, 2.75) is 16.2 Å². The Morgan fingerprint density at radius 3 is 2.11 bits per heavy atom. The van der Waals surface area contributed by atoms with Crippen molar-refractivity contribution in [1.82, 2.24) is 4.90 Å². The van der Waals surface area contributed by atoms with Crippen molar-refractivity contribution in [3.8, 4) is 0 Å². The molecule has 2 unspecified atom stereocenters. The zero-order chi connectivity index (χ0) is 7.44. The largest absolute Gasteiger partial charge is 0.308 e. The van der Waals surface area contributed by atoms with Crippen LogP contribution in [0.3, 0.4) is 0 Å². The normalized spacial score (nSPS) is 18.0. The standard InChI is InChI=1S/C6H13ClIN/c1-5(8)6(7)4-9(2)3/h5-6H,4H2,1-3H3. The molecule has 0 radical (unpaired) electrons. The predicted molar refractivity (Wildman–Crippen MR) is 51.7 cm³/mol. The lowest BCUT2D eigenvalue weighted by Gasteiger charge is -2.16. The highest BCUT2D eigenvalue weighted by atomic mass is 127. The third-order valence-electron chi connectivity index (χ3n) is 1.04. The van der Waals surface area contributed by atoms with Gasteiger partial charge in [0.25, 0.3) is 0 Å². The second-order valence-corrected chi connectivity index (χ2v) is 4.98. The van der Waals surface area contributed by atoms with Crippen LogP contribution >= 0.6 is 34.2 Å². The first-order chi connectivity index (χ1) is 4.04. The first-order valence-corrected chi connectivity index (χ1v) is 4.65. The predicted octanol–water partition coefficient (Wildman–Crippen LogP) is 1.98. The Morgan fingerprint density at radius 1 is 1.56 bits per heavy atom. The number of nitrogens with zero attached hydrogens (tertiary/aromatic N) is 1. The molecule has 0 heterocycles. The summed E-state index contributed by atoms with van der Waals surface area (Å²) in [5.41, 5.74) is 0. The van der Waals surface area contributed by atoms with Gasteiger partial charge >= 0.3 is 0 Å². The van der Waals surface area contributed by atoms with Crippen LogP contribution in [-0.2, 0) is 0 Å². The van der Waals surface area contributed by atoms with E-state index in [1.165, 1.54) is 0 Å². The van der Waals surface area contributed by atoms with Gasteiger partial charge in [-0.2, -0.15) is 0 Å². The fraction of sp³-hybridized carbons (Fsp3) is 1.00. The maximum absolute atomic E-state index is 5.96. The first-order valence-electron chi connectivity index (χ1n) is 2.97. The van der Waals surface area contributed by atoms with Crippen molar-refractivity contribution in [2.75, 3.05) is 20.6 Å². The zero-order valence-electron chi connectivity index (χ0n) is 6.06. The zero-order valence-corrected chi connectivity index (χ0v) is 8.98. The Balaban J connectivity index is 3.38. The lowest BCUT2D eigenvalue weighted by molar-refractivity contribution is 0.405. The molecular weight excluding hydrogens is 248 g/mol. The fourth-order valence-electron chi connectivity index (χ4n) is 0.494. The summed E-state index contributed by atoms with van der Waals surface area (Å²) in [6.07, 6.45) is 0. The topological polar surface area (TPSA) is 3.24 Å². The molecule has 0 aliphatic heterocycles. The first kappa shape index (κ1) is 9.98. The van der Waals surface area contributed by atoms with Crippen molar-refractivity contribution in [1.29, 1.82) is 0 Å². The van der Waals surface area contributed by atoms with Crippen LogP contribution in [-0.4, -0.2) is 34.8 Å². The third kappa shape index (κ3) is 5.43. The molecule has 0 aliphatic carbocycles. The second-order valence-electron chi connectivity index (χ2n) is 2.46. The molecule has 0 saturated carbocycles. The van der Waals surface area contributed by atoms with Crippen molar-refractivity contribution in [3.05, 3.63) is 0 Å². The van der Waals surface area contributed by atoms with Crippen LogP contribution in [0.2, 0.25) is 0 Å². The summed E-state index contributed by atoms with van der Waals surface area (Å²) in [6.45, 7) is 3.09. The number of hydrogen-bond donors (Lipinski definition) is 0. The van der Waals surface area contributed by atoms with Gasteiger partial charge in [0.2, 0.25) is 0 Å². The van der Waals surface area contributed by atoms with E-state index in [9.17, 15) is 0 Å². The summed E-state index contributed by atoms with van der Waals surface area (Å²) in [5.74, 6) is 0. The summed E-state index contributed by atoms with van der Waals surface area (Å²) in [6, 6.07) is 0. The van der Waals surface area contributed by atoms with Gasteiger partial charge in [-0.3, -0.25) is 0 Å². The minimum atomic E-state index is 0.278. The van der Waals surface area contributed by atoms with Crippen molar-refractivity contribution in [2.24, 2.45) is 0 Å². The minimum Gasteiger partial charge on any atom is -0.308 e. The van der Waals surface area contributed by atoms with Crippen LogP contribution in [0, 0.1) is 0 Å². The molecule has 0 spiro atoms. The highest BCUT2D eigenvalue weighted by molar-refractivity contribution is 14.1. The molecule has 0 aromatic rings. The van der Waals surface area contributed by atoms with Crippen LogP contribution in [0.4, 0.5) is 0 Å². The van der Waals surface area contributed by atoms with E-state index in [0.29, 0.717) is 3.92 Å². The molecule has 2 atom stereocenters. The van der Waals surface area contributed by atoms with Crippen molar-refractivity contribution >= 4 is 34.2 Å². The maximum atomic E-state index is 5.96. The van der Waals surface area contributed by atoms with E-state index < -0.39 is 0 Å². The third-order valence-corrected chi connectivity index (χ3v) is 2.85. The molecule has 1 nitrogen and oxygen atoms in total. The molecule has 0 saturated heterocycles. The van der Waals surface area contributed by atoms with Gasteiger partial charge in [-0.25, -0.2) is 0 Å². The molecule has 0 aromatic heterocycles. The van der Waals surface area contributed by atoms with E-state index in [-0.39, 0.29) is 5.38 Å². The monoisotopic (exact) mass is 261 g/mol. The molecule has 0 amide bonds. The summed E-state index contributed by atoms with van der Waals surface area (Å²) < 4.78 is 0.548. The Bertz CT molecular complexity index is 75.5. The van der Waals surface area contributed by atoms with E-state index in [1.807, 2.05) is 14.1 Å². The van der Waals surface area contributed by atoms with Gasteiger partial charge in [0, 0.05) is 10.5 Å². The van der Waals surface area contributed by atoms with Gasteiger partial charge in [-0.15, -0.1) is 11.6 Å². The molecule has 0 aliphatic rings. The van der Waals surface area contributed by atoms with Crippen LogP contribution in [0.1, 0.15) is 6.92 Å². The van der Waals surface area contributed by atoms with Crippen LogP contribution in [0.15, 0.2) is 0 Å².